The highest BCUT2D eigenvalue weighted by Crippen LogP contribution is 2.22. The van der Waals surface area contributed by atoms with Gasteiger partial charge in [0.2, 0.25) is 0 Å². The van der Waals surface area contributed by atoms with E-state index in [-0.39, 0.29) is 36.4 Å². The highest BCUT2D eigenvalue weighted by atomic mass is 16.5. The average molecular weight is 539 g/mol. The highest BCUT2D eigenvalue weighted by Gasteiger charge is 2.32. The van der Waals surface area contributed by atoms with E-state index >= 15 is 0 Å². The lowest BCUT2D eigenvalue weighted by Crippen LogP contribution is -2.53. The number of benzene rings is 1. The van der Waals surface area contributed by atoms with E-state index in [9.17, 15) is 24.9 Å². The molecule has 39 heavy (non-hydrogen) atoms. The summed E-state index contributed by atoms with van der Waals surface area (Å²) in [5.74, 6) is -1.21. The molecule has 0 bridgehead atoms. The van der Waals surface area contributed by atoms with Crippen LogP contribution < -0.4 is 16.0 Å². The summed E-state index contributed by atoms with van der Waals surface area (Å²) in [6.07, 6.45) is 4.84. The Hall–Kier alpha value is -3.37. The Kier molecular flexibility index (Phi) is 11.8. The molecule has 2 aliphatic heterocycles. The Morgan fingerprint density at radius 3 is 2.64 bits per heavy atom. The number of morpholine rings is 1. The molecule has 3 heterocycles. The van der Waals surface area contributed by atoms with E-state index in [4.69, 9.17) is 9.15 Å². The van der Waals surface area contributed by atoms with E-state index in [0.717, 1.165) is 43.7 Å². The minimum Gasteiger partial charge on any atom is -0.464 e. The second-order valence-electron chi connectivity index (χ2n) is 9.93. The standard InChI is InChI=1S/C23H29BN4O5.C4H9NO/c1-15(2)10-16(12-25)22(29)28-9-5-6-18(28)13-26-23(30)27-21(24(31)32)11-17-14-33-20-8-4-3-7-19(17)20;1-3-6-4-2-5-1/h3-4,7-8,10,14-15,18,21,31-32H,5-6,9,11,13H2,1-2H3,(H2,26,27,30);5H,1-4H2/t18?,21-;/m0./s1. The topological polar surface area (TPSA) is 160 Å². The van der Waals surface area contributed by atoms with Gasteiger partial charge < -0.3 is 40.1 Å². The summed E-state index contributed by atoms with van der Waals surface area (Å²) in [4.78, 5) is 26.9. The highest BCUT2D eigenvalue weighted by molar-refractivity contribution is 6.43. The molecule has 0 saturated carbocycles. The van der Waals surface area contributed by atoms with Gasteiger partial charge in [-0.1, -0.05) is 38.1 Å². The van der Waals surface area contributed by atoms with Crippen LogP contribution in [0, 0.1) is 17.2 Å². The second kappa shape index (κ2) is 15.3. The van der Waals surface area contributed by atoms with Gasteiger partial charge in [-0.15, -0.1) is 0 Å². The third kappa shape index (κ3) is 9.11. The molecule has 0 spiro atoms. The fraction of sp³-hybridized carbons (Fsp3) is 0.519. The quantitative estimate of drug-likeness (QED) is 0.191. The van der Waals surface area contributed by atoms with Gasteiger partial charge in [0.05, 0.1) is 25.4 Å². The Morgan fingerprint density at radius 2 is 2.03 bits per heavy atom. The molecule has 0 radical (unpaired) electrons. The monoisotopic (exact) mass is 539 g/mol. The van der Waals surface area contributed by atoms with Crippen molar-refractivity contribution in [3.8, 4) is 6.07 Å². The summed E-state index contributed by atoms with van der Waals surface area (Å²) in [5, 5.41) is 38.2. The van der Waals surface area contributed by atoms with Gasteiger partial charge in [-0.2, -0.15) is 5.26 Å². The molecule has 0 aliphatic carbocycles. The molecule has 2 saturated heterocycles. The van der Waals surface area contributed by atoms with Crippen molar-refractivity contribution in [2.24, 2.45) is 5.92 Å². The Balaban J connectivity index is 0.000000617. The van der Waals surface area contributed by atoms with Crippen molar-refractivity contribution in [3.63, 3.8) is 0 Å². The maximum Gasteiger partial charge on any atom is 0.475 e. The molecule has 12 heteroatoms. The van der Waals surface area contributed by atoms with Gasteiger partial charge in [-0.3, -0.25) is 4.79 Å². The van der Waals surface area contributed by atoms with Crippen LogP contribution >= 0.6 is 0 Å². The van der Waals surface area contributed by atoms with Gasteiger partial charge in [0.1, 0.15) is 17.2 Å². The number of hydrogen-bond donors (Lipinski definition) is 5. The fourth-order valence-corrected chi connectivity index (χ4v) is 4.56. The predicted octanol–water partition coefficient (Wildman–Crippen LogP) is 1.36. The number of amides is 3. The number of carbonyl (C=O) groups is 2. The smallest absolute Gasteiger partial charge is 0.464 e. The van der Waals surface area contributed by atoms with Crippen molar-refractivity contribution in [2.75, 3.05) is 39.4 Å². The number of hydrogen-bond acceptors (Lipinski definition) is 8. The zero-order chi connectivity index (χ0) is 28.2. The van der Waals surface area contributed by atoms with E-state index in [0.29, 0.717) is 18.5 Å². The first-order valence-corrected chi connectivity index (χ1v) is 13.4. The SMILES string of the molecule is C1COCCN1.CC(C)C=C(C#N)C(=O)N1CCCC1CNC(=O)N[C@@H](Cc1coc2ccccc12)B(O)O. The zero-order valence-electron chi connectivity index (χ0n) is 22.6. The molecule has 5 N–H and O–H groups in total. The minimum absolute atomic E-state index is 0.0720. The van der Waals surface area contributed by atoms with Crippen molar-refractivity contribution < 1.29 is 28.8 Å². The summed E-state index contributed by atoms with van der Waals surface area (Å²) in [6.45, 7) is 8.35. The maximum atomic E-state index is 12.8. The van der Waals surface area contributed by atoms with Gasteiger partial charge in [-0.05, 0) is 36.8 Å². The van der Waals surface area contributed by atoms with Crippen molar-refractivity contribution in [3.05, 3.63) is 47.7 Å². The molecule has 2 aromatic rings. The largest absolute Gasteiger partial charge is 0.475 e. The van der Waals surface area contributed by atoms with E-state index in [1.54, 1.807) is 17.2 Å². The number of likely N-dealkylation sites (tertiary alicyclic amines) is 1. The Morgan fingerprint density at radius 1 is 1.28 bits per heavy atom. The number of carbonyl (C=O) groups excluding carboxylic acids is 2. The van der Waals surface area contributed by atoms with Crippen LogP contribution in [0.3, 0.4) is 0 Å². The molecule has 11 nitrogen and oxygen atoms in total. The molecule has 2 aliphatic rings. The molecule has 1 aromatic heterocycles. The van der Waals surface area contributed by atoms with Crippen molar-refractivity contribution >= 4 is 30.0 Å². The van der Waals surface area contributed by atoms with Crippen molar-refractivity contribution in [1.82, 2.24) is 20.9 Å². The van der Waals surface area contributed by atoms with Crippen LogP contribution in [-0.2, 0) is 16.0 Å². The van der Waals surface area contributed by atoms with Crippen LogP contribution in [0.15, 0.2) is 46.6 Å². The van der Waals surface area contributed by atoms with Crippen LogP contribution in [0.4, 0.5) is 4.79 Å². The number of fused-ring (bicyclic) bond motifs is 1. The van der Waals surface area contributed by atoms with E-state index in [2.05, 4.69) is 16.0 Å². The number of furan rings is 1. The number of nitrogens with zero attached hydrogens (tertiary/aromatic N) is 2. The number of nitriles is 1. The maximum absolute atomic E-state index is 12.8. The molecule has 2 atom stereocenters. The van der Waals surface area contributed by atoms with Gasteiger partial charge in [0, 0.05) is 37.6 Å². The number of urea groups is 1. The summed E-state index contributed by atoms with van der Waals surface area (Å²) in [7, 11) is -1.77. The summed E-state index contributed by atoms with van der Waals surface area (Å²) in [6, 6.07) is 8.54. The molecule has 3 amide bonds. The normalized spacial score (nSPS) is 18.2. The van der Waals surface area contributed by atoms with E-state index in [1.807, 2.05) is 44.2 Å². The number of ether oxygens (including phenoxy) is 1. The van der Waals surface area contributed by atoms with Crippen LogP contribution in [-0.4, -0.2) is 85.4 Å². The van der Waals surface area contributed by atoms with Crippen LogP contribution in [0.5, 0.6) is 0 Å². The van der Waals surface area contributed by atoms with Crippen molar-refractivity contribution in [1.29, 1.82) is 5.26 Å². The second-order valence-corrected chi connectivity index (χ2v) is 9.93. The third-order valence-electron chi connectivity index (χ3n) is 6.51. The lowest BCUT2D eigenvalue weighted by atomic mass is 9.76. The van der Waals surface area contributed by atoms with Crippen LogP contribution in [0.1, 0.15) is 32.3 Å². The Bertz CT molecular complexity index is 1150. The number of nitrogens with one attached hydrogen (secondary N) is 3. The first-order chi connectivity index (χ1) is 18.8. The fourth-order valence-electron chi connectivity index (χ4n) is 4.56. The summed E-state index contributed by atoms with van der Waals surface area (Å²) < 4.78 is 10.5. The zero-order valence-corrected chi connectivity index (χ0v) is 22.6. The van der Waals surface area contributed by atoms with Gasteiger partial charge in [0.15, 0.2) is 0 Å². The minimum atomic E-state index is -1.77. The Labute approximate surface area is 229 Å². The van der Waals surface area contributed by atoms with Gasteiger partial charge in [-0.25, -0.2) is 4.79 Å². The summed E-state index contributed by atoms with van der Waals surface area (Å²) in [5.41, 5.74) is 1.53. The van der Waals surface area contributed by atoms with Gasteiger partial charge in [0.25, 0.3) is 5.91 Å². The first kappa shape index (κ1) is 30.2. The molecule has 2 fully saturated rings. The molecule has 4 rings (SSSR count). The van der Waals surface area contributed by atoms with Crippen LogP contribution in [0.25, 0.3) is 11.0 Å². The van der Waals surface area contributed by atoms with Crippen molar-refractivity contribution in [2.45, 2.75) is 45.1 Å². The number of para-hydroxylation sites is 1. The van der Waals surface area contributed by atoms with Gasteiger partial charge >= 0.3 is 13.1 Å². The van der Waals surface area contributed by atoms with Crippen LogP contribution in [0.2, 0.25) is 0 Å². The van der Waals surface area contributed by atoms with E-state index < -0.39 is 19.1 Å². The molecule has 210 valence electrons. The molecule has 1 aromatic carbocycles. The molecular formula is C27H38BN5O6. The lowest BCUT2D eigenvalue weighted by Gasteiger charge is -2.25. The number of allylic oxidation sites excluding steroid dienone is 1. The molecule has 1 unspecified atom stereocenters. The first-order valence-electron chi connectivity index (χ1n) is 13.4. The predicted molar refractivity (Wildman–Crippen MR) is 147 cm³/mol. The molecular weight excluding hydrogens is 501 g/mol. The third-order valence-corrected chi connectivity index (χ3v) is 6.51. The average Bonchev–Trinajstić information content (AvgIpc) is 3.58. The lowest BCUT2D eigenvalue weighted by molar-refractivity contribution is -0.127. The summed E-state index contributed by atoms with van der Waals surface area (Å²) >= 11 is 0. The van der Waals surface area contributed by atoms with E-state index in [1.165, 1.54) is 0 Å². The number of rotatable bonds is 8.